The van der Waals surface area contributed by atoms with Gasteiger partial charge in [0.1, 0.15) is 0 Å². The molecule has 9 heteroatoms. The summed E-state index contributed by atoms with van der Waals surface area (Å²) in [6.45, 7) is 3.36. The zero-order chi connectivity index (χ0) is 23.1. The lowest BCUT2D eigenvalue weighted by atomic mass is 10.1. The molecule has 0 bridgehead atoms. The molecule has 2 aromatic carbocycles. The Hall–Kier alpha value is -3.55. The van der Waals surface area contributed by atoms with Crippen molar-refractivity contribution in [3.8, 4) is 0 Å². The van der Waals surface area contributed by atoms with Crippen LogP contribution in [0, 0.1) is 13.8 Å². The molecule has 0 radical (unpaired) electrons. The molecule has 1 aromatic heterocycles. The van der Waals surface area contributed by atoms with Crippen molar-refractivity contribution >= 4 is 47.4 Å². The number of hydrazone groups is 2. The Labute approximate surface area is 195 Å². The monoisotopic (exact) mass is 467 g/mol. The van der Waals surface area contributed by atoms with Crippen molar-refractivity contribution in [1.82, 2.24) is 15.8 Å². The van der Waals surface area contributed by atoms with Crippen molar-refractivity contribution in [3.05, 3.63) is 98.3 Å². The van der Waals surface area contributed by atoms with Gasteiger partial charge in [-0.25, -0.2) is 10.9 Å². The summed E-state index contributed by atoms with van der Waals surface area (Å²) < 4.78 is 0. The number of carbonyl (C=O) groups is 2. The minimum absolute atomic E-state index is 0.215. The van der Waals surface area contributed by atoms with E-state index in [0.29, 0.717) is 32.6 Å². The van der Waals surface area contributed by atoms with Crippen LogP contribution in [0.2, 0.25) is 10.0 Å². The number of nitrogens with zero attached hydrogens (tertiary/aromatic N) is 3. The third-order valence-corrected chi connectivity index (χ3v) is 5.13. The van der Waals surface area contributed by atoms with Crippen LogP contribution in [-0.4, -0.2) is 29.2 Å². The predicted octanol–water partition coefficient (Wildman–Crippen LogP) is 4.53. The number of benzene rings is 2. The second kappa shape index (κ2) is 10.7. The fourth-order valence-corrected chi connectivity index (χ4v) is 3.15. The van der Waals surface area contributed by atoms with Crippen molar-refractivity contribution in [2.24, 2.45) is 10.2 Å². The molecule has 32 heavy (non-hydrogen) atoms. The maximum atomic E-state index is 12.6. The molecular formula is C23H19Cl2N5O2. The fourth-order valence-electron chi connectivity index (χ4n) is 2.79. The lowest BCUT2D eigenvalue weighted by Crippen LogP contribution is -2.23. The number of rotatable bonds is 6. The first-order valence-corrected chi connectivity index (χ1v) is 10.3. The van der Waals surface area contributed by atoms with Gasteiger partial charge < -0.3 is 0 Å². The number of aromatic nitrogens is 1. The van der Waals surface area contributed by atoms with Crippen LogP contribution in [0.1, 0.15) is 43.2 Å². The molecule has 0 saturated carbocycles. The van der Waals surface area contributed by atoms with Gasteiger partial charge in [-0.2, -0.15) is 10.2 Å². The van der Waals surface area contributed by atoms with Gasteiger partial charge in [-0.05, 0) is 32.0 Å². The van der Waals surface area contributed by atoms with Gasteiger partial charge in [-0.15, -0.1) is 0 Å². The van der Waals surface area contributed by atoms with Crippen molar-refractivity contribution in [2.75, 3.05) is 0 Å². The number of hydrogen-bond donors (Lipinski definition) is 2. The molecule has 0 aliphatic carbocycles. The Morgan fingerprint density at radius 1 is 0.781 bits per heavy atom. The van der Waals surface area contributed by atoms with Crippen LogP contribution >= 0.6 is 23.2 Å². The second-order valence-corrected chi connectivity index (χ2v) is 7.51. The van der Waals surface area contributed by atoms with Crippen LogP contribution in [0.3, 0.4) is 0 Å². The molecule has 162 valence electrons. The molecule has 7 nitrogen and oxygen atoms in total. The minimum atomic E-state index is -0.507. The molecule has 0 spiro atoms. The van der Waals surface area contributed by atoms with Crippen LogP contribution in [-0.2, 0) is 0 Å². The Balaban J connectivity index is 1.73. The van der Waals surface area contributed by atoms with Gasteiger partial charge in [-0.3, -0.25) is 14.6 Å². The van der Waals surface area contributed by atoms with Crippen molar-refractivity contribution in [3.63, 3.8) is 0 Å². The summed E-state index contributed by atoms with van der Waals surface area (Å²) in [4.78, 5) is 29.5. The first kappa shape index (κ1) is 23.1. The van der Waals surface area contributed by atoms with E-state index >= 15 is 0 Å². The SMILES string of the molecule is Cc1nc(C)c(C(=O)NN=Cc2ccccc2Cl)cc1C(=O)NN=Cc1ccccc1Cl. The van der Waals surface area contributed by atoms with E-state index < -0.39 is 11.8 Å². The second-order valence-electron chi connectivity index (χ2n) is 6.70. The number of halogens is 2. The number of nitrogens with one attached hydrogen (secondary N) is 2. The van der Waals surface area contributed by atoms with E-state index in [0.717, 1.165) is 0 Å². The Bertz CT molecular complexity index is 1130. The van der Waals surface area contributed by atoms with Gasteiger partial charge in [0.25, 0.3) is 11.8 Å². The summed E-state index contributed by atoms with van der Waals surface area (Å²) in [5.74, 6) is -1.01. The molecule has 0 aliphatic heterocycles. The lowest BCUT2D eigenvalue weighted by Gasteiger charge is -2.09. The van der Waals surface area contributed by atoms with Crippen LogP contribution in [0.15, 0.2) is 64.8 Å². The maximum Gasteiger partial charge on any atom is 0.273 e. The molecule has 1 heterocycles. The Morgan fingerprint density at radius 2 is 1.19 bits per heavy atom. The topological polar surface area (TPSA) is 95.8 Å². The zero-order valence-corrected chi connectivity index (χ0v) is 18.8. The highest BCUT2D eigenvalue weighted by Crippen LogP contribution is 2.15. The zero-order valence-electron chi connectivity index (χ0n) is 17.3. The van der Waals surface area contributed by atoms with Gasteiger partial charge in [0, 0.05) is 21.2 Å². The summed E-state index contributed by atoms with van der Waals surface area (Å²) in [7, 11) is 0. The summed E-state index contributed by atoms with van der Waals surface area (Å²) in [5, 5.41) is 8.89. The van der Waals surface area contributed by atoms with E-state index in [1.165, 1.54) is 18.5 Å². The van der Waals surface area contributed by atoms with E-state index in [-0.39, 0.29) is 11.1 Å². The standard InChI is InChI=1S/C23H19Cl2N5O2/c1-14-18(22(31)29-26-12-16-7-3-5-9-20(16)24)11-19(15(2)28-14)23(32)30-27-13-17-8-4-6-10-21(17)25/h3-13H,1-2H3,(H,29,31)(H,30,32). The first-order chi connectivity index (χ1) is 15.4. The van der Waals surface area contributed by atoms with E-state index in [9.17, 15) is 9.59 Å². The first-order valence-electron chi connectivity index (χ1n) is 9.51. The molecule has 0 fully saturated rings. The van der Waals surface area contributed by atoms with Crippen LogP contribution < -0.4 is 10.9 Å². The molecule has 3 rings (SSSR count). The predicted molar refractivity (Wildman–Crippen MR) is 127 cm³/mol. The molecule has 0 unspecified atom stereocenters. The van der Waals surface area contributed by atoms with E-state index in [2.05, 4.69) is 26.0 Å². The van der Waals surface area contributed by atoms with Crippen molar-refractivity contribution in [2.45, 2.75) is 13.8 Å². The summed E-state index contributed by atoms with van der Waals surface area (Å²) in [6, 6.07) is 15.6. The number of hydrogen-bond acceptors (Lipinski definition) is 5. The molecular weight excluding hydrogens is 449 g/mol. The van der Waals surface area contributed by atoms with Gasteiger partial charge in [-0.1, -0.05) is 59.6 Å². The van der Waals surface area contributed by atoms with Gasteiger partial charge in [0.05, 0.1) is 34.9 Å². The normalized spacial score (nSPS) is 11.1. The molecule has 3 aromatic rings. The molecule has 0 atom stereocenters. The fraction of sp³-hybridized carbons (Fsp3) is 0.0870. The molecule has 2 N–H and O–H groups in total. The summed E-state index contributed by atoms with van der Waals surface area (Å²) >= 11 is 12.1. The molecule has 2 amide bonds. The maximum absolute atomic E-state index is 12.6. The minimum Gasteiger partial charge on any atom is -0.267 e. The van der Waals surface area contributed by atoms with Crippen LogP contribution in [0.25, 0.3) is 0 Å². The number of aryl methyl sites for hydroxylation is 2. The Kier molecular flexibility index (Phi) is 7.70. The quantitative estimate of drug-likeness (QED) is 0.411. The molecule has 0 aliphatic rings. The highest BCUT2D eigenvalue weighted by atomic mass is 35.5. The summed E-state index contributed by atoms with van der Waals surface area (Å²) in [6.07, 6.45) is 2.88. The van der Waals surface area contributed by atoms with E-state index in [1.807, 2.05) is 12.1 Å². The van der Waals surface area contributed by atoms with E-state index in [4.69, 9.17) is 23.2 Å². The van der Waals surface area contributed by atoms with E-state index in [1.54, 1.807) is 50.2 Å². The average Bonchev–Trinajstić information content (AvgIpc) is 2.76. The van der Waals surface area contributed by atoms with Gasteiger partial charge in [0.2, 0.25) is 0 Å². The largest absolute Gasteiger partial charge is 0.273 e. The highest BCUT2D eigenvalue weighted by molar-refractivity contribution is 6.33. The number of amides is 2. The van der Waals surface area contributed by atoms with Crippen molar-refractivity contribution < 1.29 is 9.59 Å². The smallest absolute Gasteiger partial charge is 0.267 e. The summed E-state index contributed by atoms with van der Waals surface area (Å²) in [5.41, 5.74) is 7.52. The van der Waals surface area contributed by atoms with Crippen LogP contribution in [0.4, 0.5) is 0 Å². The number of carbonyl (C=O) groups excluding carboxylic acids is 2. The molecule has 0 saturated heterocycles. The third-order valence-electron chi connectivity index (χ3n) is 4.44. The Morgan fingerprint density at radius 3 is 1.59 bits per heavy atom. The van der Waals surface area contributed by atoms with Gasteiger partial charge in [0.15, 0.2) is 0 Å². The highest BCUT2D eigenvalue weighted by Gasteiger charge is 2.17. The number of pyridine rings is 1. The third kappa shape index (κ3) is 5.78. The van der Waals surface area contributed by atoms with Crippen LogP contribution in [0.5, 0.6) is 0 Å². The lowest BCUT2D eigenvalue weighted by molar-refractivity contribution is 0.0954. The van der Waals surface area contributed by atoms with Crippen molar-refractivity contribution in [1.29, 1.82) is 0 Å². The average molecular weight is 468 g/mol. The van der Waals surface area contributed by atoms with Gasteiger partial charge >= 0.3 is 0 Å².